The molecule has 0 aliphatic carbocycles. The minimum Gasteiger partial charge on any atom is -0.369 e. The molecule has 21 heavy (non-hydrogen) atoms. The van der Waals surface area contributed by atoms with Crippen LogP contribution in [-0.2, 0) is 10.0 Å². The van der Waals surface area contributed by atoms with Crippen molar-refractivity contribution in [3.8, 4) is 0 Å². The van der Waals surface area contributed by atoms with Crippen molar-refractivity contribution in [2.75, 3.05) is 44.2 Å². The molecule has 1 aliphatic heterocycles. The Morgan fingerprint density at radius 2 is 1.52 bits per heavy atom. The summed E-state index contributed by atoms with van der Waals surface area (Å²) in [5, 5.41) is 5.08. The van der Waals surface area contributed by atoms with Gasteiger partial charge in [0.15, 0.2) is 0 Å². The van der Waals surface area contributed by atoms with Crippen LogP contribution in [0.4, 0.5) is 5.69 Å². The average Bonchev–Trinajstić information content (AvgIpc) is 2.39. The van der Waals surface area contributed by atoms with Gasteiger partial charge in [-0.1, -0.05) is 0 Å². The van der Waals surface area contributed by atoms with E-state index in [9.17, 15) is 8.42 Å². The van der Waals surface area contributed by atoms with Crippen LogP contribution in [0.5, 0.6) is 0 Å². The van der Waals surface area contributed by atoms with E-state index in [0.29, 0.717) is 6.54 Å². The fourth-order valence-corrected chi connectivity index (χ4v) is 2.77. The van der Waals surface area contributed by atoms with Crippen molar-refractivity contribution in [2.45, 2.75) is 4.90 Å². The van der Waals surface area contributed by atoms with Gasteiger partial charge in [0.2, 0.25) is 10.0 Å². The molecule has 6 nitrogen and oxygen atoms in total. The normalized spacial score (nSPS) is 16.0. The number of rotatable bonds is 4. The van der Waals surface area contributed by atoms with Gasteiger partial charge >= 0.3 is 0 Å². The molecule has 0 atom stereocenters. The Bertz CT molecular complexity index is 517. The topological polar surface area (TPSA) is 92.7 Å². The van der Waals surface area contributed by atoms with Crippen molar-refractivity contribution in [1.82, 2.24) is 4.90 Å². The van der Waals surface area contributed by atoms with Gasteiger partial charge in [0.1, 0.15) is 0 Å². The average molecular weight is 357 g/mol. The van der Waals surface area contributed by atoms with Crippen molar-refractivity contribution in [3.63, 3.8) is 0 Å². The van der Waals surface area contributed by atoms with E-state index in [1.54, 1.807) is 24.3 Å². The summed E-state index contributed by atoms with van der Waals surface area (Å²) in [4.78, 5) is 4.72. The second-order valence-electron chi connectivity index (χ2n) is 4.66. The number of anilines is 1. The predicted molar refractivity (Wildman–Crippen MR) is 90.0 cm³/mol. The fraction of sp³-hybridized carbons (Fsp3) is 0.500. The highest BCUT2D eigenvalue weighted by Gasteiger charge is 2.17. The minimum absolute atomic E-state index is 0. The number of hydrogen-bond acceptors (Lipinski definition) is 5. The molecule has 122 valence electrons. The number of nitrogens with two attached hydrogens (primary N) is 2. The molecule has 1 aromatic carbocycles. The Morgan fingerprint density at radius 1 is 1.00 bits per heavy atom. The Labute approximate surface area is 138 Å². The third-order valence-corrected chi connectivity index (χ3v) is 4.28. The maximum Gasteiger partial charge on any atom is 0.238 e. The lowest BCUT2D eigenvalue weighted by atomic mass is 10.2. The zero-order valence-electron chi connectivity index (χ0n) is 11.6. The standard InChI is InChI=1S/C12H20N4O2S.2ClH/c13-5-6-15-7-9-16(10-8-15)11-1-3-12(4-2-11)19(14,17)18;;/h1-4H,5-10,13H2,(H2,14,17,18);2*1H. The number of hydrogen-bond donors (Lipinski definition) is 2. The molecule has 0 amide bonds. The molecule has 1 aromatic rings. The van der Waals surface area contributed by atoms with Crippen LogP contribution in [0.15, 0.2) is 29.2 Å². The van der Waals surface area contributed by atoms with Crippen molar-refractivity contribution in [2.24, 2.45) is 10.9 Å². The highest BCUT2D eigenvalue weighted by molar-refractivity contribution is 7.89. The lowest BCUT2D eigenvalue weighted by Crippen LogP contribution is -2.47. The molecule has 9 heteroatoms. The van der Waals surface area contributed by atoms with Crippen molar-refractivity contribution in [1.29, 1.82) is 0 Å². The largest absolute Gasteiger partial charge is 0.369 e. The first-order chi connectivity index (χ1) is 9.00. The first-order valence-corrected chi connectivity index (χ1v) is 7.85. The van der Waals surface area contributed by atoms with Gasteiger partial charge in [-0.15, -0.1) is 24.8 Å². The van der Waals surface area contributed by atoms with Crippen LogP contribution < -0.4 is 15.8 Å². The molecular weight excluding hydrogens is 335 g/mol. The first-order valence-electron chi connectivity index (χ1n) is 6.31. The number of primary sulfonamides is 1. The SMILES string of the molecule is Cl.Cl.NCCN1CCN(c2ccc(S(N)(=O)=O)cc2)CC1. The lowest BCUT2D eigenvalue weighted by Gasteiger charge is -2.35. The van der Waals surface area contributed by atoms with Crippen molar-refractivity contribution in [3.05, 3.63) is 24.3 Å². The van der Waals surface area contributed by atoms with Gasteiger partial charge in [-0.25, -0.2) is 13.6 Å². The molecule has 0 saturated carbocycles. The van der Waals surface area contributed by atoms with E-state index in [1.165, 1.54) is 0 Å². The van der Waals surface area contributed by atoms with Crippen LogP contribution in [0.3, 0.4) is 0 Å². The summed E-state index contributed by atoms with van der Waals surface area (Å²) in [7, 11) is -3.61. The van der Waals surface area contributed by atoms with Gasteiger partial charge < -0.3 is 10.6 Å². The molecule has 0 radical (unpaired) electrons. The van der Waals surface area contributed by atoms with E-state index in [2.05, 4.69) is 9.80 Å². The van der Waals surface area contributed by atoms with Crippen LogP contribution in [-0.4, -0.2) is 52.6 Å². The Kier molecular flexibility index (Phi) is 8.53. The third-order valence-electron chi connectivity index (χ3n) is 3.35. The molecule has 1 heterocycles. The van der Waals surface area contributed by atoms with Crippen molar-refractivity contribution >= 4 is 40.5 Å². The number of benzene rings is 1. The summed E-state index contributed by atoms with van der Waals surface area (Å²) in [6.07, 6.45) is 0. The summed E-state index contributed by atoms with van der Waals surface area (Å²) in [5.74, 6) is 0. The van der Waals surface area contributed by atoms with Gasteiger partial charge in [0.25, 0.3) is 0 Å². The second kappa shape index (κ2) is 8.77. The molecular formula is C12H22Cl2N4O2S. The lowest BCUT2D eigenvalue weighted by molar-refractivity contribution is 0.265. The van der Waals surface area contributed by atoms with E-state index in [0.717, 1.165) is 38.4 Å². The second-order valence-corrected chi connectivity index (χ2v) is 6.22. The van der Waals surface area contributed by atoms with Gasteiger partial charge in [0, 0.05) is 45.0 Å². The Balaban J connectivity index is 0.00000200. The molecule has 1 fully saturated rings. The van der Waals surface area contributed by atoms with E-state index in [1.807, 2.05) is 0 Å². The molecule has 2 rings (SSSR count). The van der Waals surface area contributed by atoms with E-state index < -0.39 is 10.0 Å². The number of nitrogens with zero attached hydrogens (tertiary/aromatic N) is 2. The number of sulfonamides is 1. The van der Waals surface area contributed by atoms with Gasteiger partial charge in [-0.2, -0.15) is 0 Å². The maximum absolute atomic E-state index is 11.2. The fourth-order valence-electron chi connectivity index (χ4n) is 2.26. The van der Waals surface area contributed by atoms with Crippen LogP contribution in [0, 0.1) is 0 Å². The summed E-state index contributed by atoms with van der Waals surface area (Å²) < 4.78 is 22.4. The van der Waals surface area contributed by atoms with E-state index in [4.69, 9.17) is 10.9 Å². The zero-order chi connectivity index (χ0) is 13.9. The van der Waals surface area contributed by atoms with Crippen LogP contribution in [0.25, 0.3) is 0 Å². The zero-order valence-corrected chi connectivity index (χ0v) is 14.1. The monoisotopic (exact) mass is 356 g/mol. The Hall–Kier alpha value is -0.570. The summed E-state index contributed by atoms with van der Waals surface area (Å²) in [5.41, 5.74) is 6.57. The van der Waals surface area contributed by atoms with Crippen molar-refractivity contribution < 1.29 is 8.42 Å². The molecule has 1 aliphatic rings. The van der Waals surface area contributed by atoms with E-state index in [-0.39, 0.29) is 29.7 Å². The maximum atomic E-state index is 11.2. The summed E-state index contributed by atoms with van der Waals surface area (Å²) in [6.45, 7) is 5.42. The van der Waals surface area contributed by atoms with Crippen LogP contribution >= 0.6 is 24.8 Å². The quantitative estimate of drug-likeness (QED) is 0.806. The molecule has 1 saturated heterocycles. The summed E-state index contributed by atoms with van der Waals surface area (Å²) in [6, 6.07) is 6.71. The predicted octanol–water partition coefficient (Wildman–Crippen LogP) is 0.258. The van der Waals surface area contributed by atoms with Gasteiger partial charge in [-0.3, -0.25) is 4.90 Å². The molecule has 0 bridgehead atoms. The smallest absolute Gasteiger partial charge is 0.238 e. The summed E-state index contributed by atoms with van der Waals surface area (Å²) >= 11 is 0. The number of piperazine rings is 1. The van der Waals surface area contributed by atoms with E-state index >= 15 is 0 Å². The first kappa shape index (κ1) is 20.4. The molecule has 0 unspecified atom stereocenters. The Morgan fingerprint density at radius 3 is 1.95 bits per heavy atom. The van der Waals surface area contributed by atoms with Crippen LogP contribution in [0.1, 0.15) is 0 Å². The molecule has 4 N–H and O–H groups in total. The number of halogens is 2. The van der Waals surface area contributed by atoms with Gasteiger partial charge in [-0.05, 0) is 24.3 Å². The highest BCUT2D eigenvalue weighted by atomic mass is 35.5. The van der Waals surface area contributed by atoms with Crippen LogP contribution in [0.2, 0.25) is 0 Å². The highest BCUT2D eigenvalue weighted by Crippen LogP contribution is 2.18. The molecule has 0 aromatic heterocycles. The van der Waals surface area contributed by atoms with Gasteiger partial charge in [0.05, 0.1) is 4.90 Å². The third kappa shape index (κ3) is 5.61. The molecule has 0 spiro atoms. The minimum atomic E-state index is -3.61.